The smallest absolute Gasteiger partial charge is 0.290 e. The van der Waals surface area contributed by atoms with Gasteiger partial charge in [0.15, 0.2) is 0 Å². The third-order valence-corrected chi connectivity index (χ3v) is 1.31. The molecule has 0 aliphatic rings. The topological polar surface area (TPSA) is 61.4 Å². The number of hydrogen-bond donors (Lipinski definition) is 3. The summed E-state index contributed by atoms with van der Waals surface area (Å²) in [6, 6.07) is 0. The molecule has 0 heterocycles. The van der Waals surface area contributed by atoms with Gasteiger partial charge in [0.1, 0.15) is 6.67 Å². The van der Waals surface area contributed by atoms with Crippen molar-refractivity contribution < 1.29 is 14.3 Å². The molecule has 112 valence electrons. The molecule has 0 aromatic carbocycles. The minimum atomic E-state index is -0.405. The van der Waals surface area contributed by atoms with Crippen molar-refractivity contribution in [3.8, 4) is 0 Å². The molecule has 0 radical (unpaired) electrons. The van der Waals surface area contributed by atoms with E-state index in [4.69, 9.17) is 9.90 Å². The first kappa shape index (κ1) is 22.6. The van der Waals surface area contributed by atoms with E-state index in [0.29, 0.717) is 5.57 Å². The lowest BCUT2D eigenvalue weighted by atomic mass is 10.3. The second-order valence-corrected chi connectivity index (χ2v) is 3.50. The van der Waals surface area contributed by atoms with Crippen molar-refractivity contribution in [3.63, 3.8) is 0 Å². The summed E-state index contributed by atoms with van der Waals surface area (Å²) < 4.78 is 12.0. The van der Waals surface area contributed by atoms with Crippen molar-refractivity contribution in [1.29, 1.82) is 0 Å². The molecular formula is C14H27FN2O2. The molecule has 0 fully saturated rings. The fraction of sp³-hybridized carbons (Fsp3) is 0.500. The van der Waals surface area contributed by atoms with Crippen LogP contribution in [0.2, 0.25) is 0 Å². The van der Waals surface area contributed by atoms with E-state index in [-0.39, 0.29) is 6.47 Å². The number of carboxylic acid groups (broad SMARTS) is 1. The van der Waals surface area contributed by atoms with E-state index < -0.39 is 6.67 Å². The summed E-state index contributed by atoms with van der Waals surface area (Å²) in [5.74, 6) is 0. The van der Waals surface area contributed by atoms with Crippen molar-refractivity contribution in [1.82, 2.24) is 10.9 Å². The molecule has 0 unspecified atom stereocenters. The van der Waals surface area contributed by atoms with Crippen LogP contribution >= 0.6 is 0 Å². The average Bonchev–Trinajstić information content (AvgIpc) is 2.38. The van der Waals surface area contributed by atoms with Crippen LogP contribution in [0.3, 0.4) is 0 Å². The van der Waals surface area contributed by atoms with Crippen LogP contribution in [0.25, 0.3) is 0 Å². The summed E-state index contributed by atoms with van der Waals surface area (Å²) in [6.07, 6.45) is 6.52. The number of alkyl halides is 1. The predicted octanol–water partition coefficient (Wildman–Crippen LogP) is 3.20. The highest BCUT2D eigenvalue weighted by molar-refractivity contribution is 5.32. The quantitative estimate of drug-likeness (QED) is 0.395. The summed E-state index contributed by atoms with van der Waals surface area (Å²) in [6.45, 7) is 11.9. The van der Waals surface area contributed by atoms with E-state index in [0.717, 1.165) is 12.2 Å². The van der Waals surface area contributed by atoms with E-state index in [9.17, 15) is 4.39 Å². The fourth-order valence-corrected chi connectivity index (χ4v) is 0.617. The van der Waals surface area contributed by atoms with Gasteiger partial charge in [0.25, 0.3) is 6.47 Å². The van der Waals surface area contributed by atoms with E-state index in [1.165, 1.54) is 6.42 Å². The number of carbonyl (C=O) groups is 1. The van der Waals surface area contributed by atoms with Crippen molar-refractivity contribution in [2.75, 3.05) is 13.2 Å². The summed E-state index contributed by atoms with van der Waals surface area (Å²) in [5.41, 5.74) is 7.23. The first-order valence-corrected chi connectivity index (χ1v) is 6.19. The fourth-order valence-electron chi connectivity index (χ4n) is 0.617. The standard InChI is InChI=1S/C10H17FN2.C3H8.CH2O2/c1-4-12-13-10(3)7-5-6-9(2)8-11;1-3-2;2-1-3/h5-7,12-13H,3-4,8H2,1-2H3;3H2,1-2H3;1H,(H,2,3)/b7-5-,9-6-;;. The summed E-state index contributed by atoms with van der Waals surface area (Å²) in [5, 5.41) is 6.89. The Kier molecular flexibility index (Phi) is 25.7. The molecule has 19 heavy (non-hydrogen) atoms. The maximum absolute atomic E-state index is 12.0. The molecule has 0 amide bonds. The van der Waals surface area contributed by atoms with Gasteiger partial charge in [-0.3, -0.25) is 4.79 Å². The highest BCUT2D eigenvalue weighted by atomic mass is 19.1. The Morgan fingerprint density at radius 1 is 1.37 bits per heavy atom. The normalized spacial score (nSPS) is 9.84. The molecule has 0 aliphatic carbocycles. The maximum Gasteiger partial charge on any atom is 0.290 e. The number of hydrogen-bond acceptors (Lipinski definition) is 3. The van der Waals surface area contributed by atoms with Gasteiger partial charge < -0.3 is 10.5 Å². The minimum absolute atomic E-state index is 0.250. The van der Waals surface area contributed by atoms with E-state index in [2.05, 4.69) is 31.3 Å². The zero-order chi connectivity index (χ0) is 15.5. The molecule has 0 aromatic rings. The summed E-state index contributed by atoms with van der Waals surface area (Å²) in [4.78, 5) is 8.36. The Labute approximate surface area is 116 Å². The maximum atomic E-state index is 12.0. The molecule has 4 nitrogen and oxygen atoms in total. The Balaban J connectivity index is -0.000000360. The number of rotatable bonds is 6. The largest absolute Gasteiger partial charge is 0.483 e. The monoisotopic (exact) mass is 274 g/mol. The summed E-state index contributed by atoms with van der Waals surface area (Å²) in [7, 11) is 0. The third kappa shape index (κ3) is 31.4. The van der Waals surface area contributed by atoms with Crippen molar-refractivity contribution in [2.24, 2.45) is 0 Å². The Hall–Kier alpha value is -1.62. The van der Waals surface area contributed by atoms with Crippen LogP contribution in [-0.2, 0) is 4.79 Å². The highest BCUT2D eigenvalue weighted by Crippen LogP contribution is 1.94. The Morgan fingerprint density at radius 3 is 2.21 bits per heavy atom. The van der Waals surface area contributed by atoms with Gasteiger partial charge in [0.2, 0.25) is 0 Å². The van der Waals surface area contributed by atoms with Gasteiger partial charge in [-0.15, -0.1) is 0 Å². The number of allylic oxidation sites excluding steroid dienone is 4. The highest BCUT2D eigenvalue weighted by Gasteiger charge is 1.84. The molecular weight excluding hydrogens is 247 g/mol. The molecule has 0 aliphatic heterocycles. The third-order valence-electron chi connectivity index (χ3n) is 1.31. The van der Waals surface area contributed by atoms with E-state index in [1.807, 2.05) is 6.92 Å². The van der Waals surface area contributed by atoms with Crippen LogP contribution in [0.15, 0.2) is 36.1 Å². The SMILES string of the molecule is C=C(/C=C\C=C(\C)CF)NNCC.CCC.O=CO. The molecule has 0 saturated heterocycles. The van der Waals surface area contributed by atoms with Crippen LogP contribution in [0.5, 0.6) is 0 Å². The second kappa shape index (κ2) is 21.6. The van der Waals surface area contributed by atoms with Crippen molar-refractivity contribution >= 4 is 6.47 Å². The summed E-state index contributed by atoms with van der Waals surface area (Å²) >= 11 is 0. The molecule has 0 saturated carbocycles. The van der Waals surface area contributed by atoms with Gasteiger partial charge in [-0.05, 0) is 18.6 Å². The lowest BCUT2D eigenvalue weighted by molar-refractivity contribution is -0.122. The molecule has 0 aromatic heterocycles. The van der Waals surface area contributed by atoms with Gasteiger partial charge in [-0.25, -0.2) is 9.82 Å². The van der Waals surface area contributed by atoms with Crippen LogP contribution in [-0.4, -0.2) is 24.8 Å². The molecule has 0 atom stereocenters. The molecule has 0 rings (SSSR count). The van der Waals surface area contributed by atoms with Crippen LogP contribution < -0.4 is 10.9 Å². The molecule has 0 bridgehead atoms. The minimum Gasteiger partial charge on any atom is -0.483 e. The number of nitrogens with one attached hydrogen (secondary N) is 2. The first-order valence-electron chi connectivity index (χ1n) is 6.19. The Morgan fingerprint density at radius 2 is 1.84 bits per heavy atom. The number of hydrazine groups is 1. The van der Waals surface area contributed by atoms with E-state index in [1.54, 1.807) is 25.2 Å². The van der Waals surface area contributed by atoms with Gasteiger partial charge in [0.05, 0.1) is 0 Å². The van der Waals surface area contributed by atoms with Gasteiger partial charge in [-0.1, -0.05) is 45.9 Å². The molecule has 3 N–H and O–H groups in total. The van der Waals surface area contributed by atoms with Crippen LogP contribution in [0, 0.1) is 0 Å². The predicted molar refractivity (Wildman–Crippen MR) is 79.5 cm³/mol. The van der Waals surface area contributed by atoms with Crippen molar-refractivity contribution in [2.45, 2.75) is 34.1 Å². The lowest BCUT2D eigenvalue weighted by Gasteiger charge is -2.03. The lowest BCUT2D eigenvalue weighted by Crippen LogP contribution is -2.29. The van der Waals surface area contributed by atoms with Crippen LogP contribution in [0.1, 0.15) is 34.1 Å². The average molecular weight is 274 g/mol. The second-order valence-electron chi connectivity index (χ2n) is 3.50. The number of halogens is 1. The zero-order valence-corrected chi connectivity index (χ0v) is 12.4. The van der Waals surface area contributed by atoms with Gasteiger partial charge >= 0.3 is 0 Å². The van der Waals surface area contributed by atoms with Crippen molar-refractivity contribution in [3.05, 3.63) is 36.1 Å². The van der Waals surface area contributed by atoms with Crippen LogP contribution in [0.4, 0.5) is 4.39 Å². The van der Waals surface area contributed by atoms with Gasteiger partial charge in [0, 0.05) is 12.2 Å². The molecule has 5 heteroatoms. The first-order chi connectivity index (χ1) is 9.03. The van der Waals surface area contributed by atoms with Gasteiger partial charge in [-0.2, -0.15) is 0 Å². The Bertz CT molecular complexity index is 264. The van der Waals surface area contributed by atoms with E-state index >= 15 is 0 Å². The zero-order valence-electron chi connectivity index (χ0n) is 12.4. The molecule has 0 spiro atoms.